The zero-order valence-electron chi connectivity index (χ0n) is 11.9. The van der Waals surface area contributed by atoms with E-state index in [0.717, 1.165) is 18.7 Å². The molecule has 0 N–H and O–H groups in total. The predicted molar refractivity (Wildman–Crippen MR) is 76.8 cm³/mol. The van der Waals surface area contributed by atoms with E-state index < -0.39 is 0 Å². The highest BCUT2D eigenvalue weighted by atomic mass is 15.1. The van der Waals surface area contributed by atoms with E-state index in [2.05, 4.69) is 54.7 Å². The Morgan fingerprint density at radius 1 is 1.33 bits per heavy atom. The first-order valence-electron chi connectivity index (χ1n) is 6.71. The molecule has 2 heterocycles. The standard InChI is InChI=1S/C15H23N3/c1-5-6-9-18-11-13(10-17(3)4)14-12(2)7-8-16-15(14)18/h7-8,11H,5-6,9-10H2,1-4H3. The zero-order chi connectivity index (χ0) is 13.1. The third kappa shape index (κ3) is 2.56. The molecule has 0 aliphatic rings. The second-order valence-corrected chi connectivity index (χ2v) is 5.27. The molecule has 0 aliphatic heterocycles. The molecule has 0 radical (unpaired) electrons. The van der Waals surface area contributed by atoms with Crippen molar-refractivity contribution in [3.05, 3.63) is 29.6 Å². The van der Waals surface area contributed by atoms with Gasteiger partial charge in [-0.05, 0) is 44.6 Å². The van der Waals surface area contributed by atoms with E-state index in [1.54, 1.807) is 0 Å². The van der Waals surface area contributed by atoms with Crippen LogP contribution in [0, 0.1) is 6.92 Å². The van der Waals surface area contributed by atoms with Crippen LogP contribution in [0.3, 0.4) is 0 Å². The average molecular weight is 245 g/mol. The fourth-order valence-electron chi connectivity index (χ4n) is 2.43. The molecule has 0 spiro atoms. The van der Waals surface area contributed by atoms with Crippen molar-refractivity contribution >= 4 is 11.0 Å². The second kappa shape index (κ2) is 5.53. The van der Waals surface area contributed by atoms with Crippen LogP contribution in [-0.2, 0) is 13.1 Å². The van der Waals surface area contributed by atoms with Gasteiger partial charge < -0.3 is 9.47 Å². The minimum absolute atomic E-state index is 0.974. The van der Waals surface area contributed by atoms with Crippen molar-refractivity contribution in [2.24, 2.45) is 0 Å². The van der Waals surface area contributed by atoms with Crippen LogP contribution < -0.4 is 0 Å². The highest BCUT2D eigenvalue weighted by molar-refractivity contribution is 5.83. The number of hydrogen-bond donors (Lipinski definition) is 0. The van der Waals surface area contributed by atoms with E-state index in [1.165, 1.54) is 29.4 Å². The number of aromatic nitrogens is 2. The third-order valence-electron chi connectivity index (χ3n) is 3.28. The van der Waals surface area contributed by atoms with Crippen molar-refractivity contribution in [2.75, 3.05) is 14.1 Å². The number of hydrogen-bond acceptors (Lipinski definition) is 2. The molecule has 0 fully saturated rings. The van der Waals surface area contributed by atoms with E-state index in [1.807, 2.05) is 6.20 Å². The van der Waals surface area contributed by atoms with Crippen molar-refractivity contribution in [2.45, 2.75) is 39.8 Å². The molecule has 2 aromatic rings. The van der Waals surface area contributed by atoms with E-state index in [9.17, 15) is 0 Å². The van der Waals surface area contributed by atoms with Crippen LogP contribution in [0.1, 0.15) is 30.9 Å². The van der Waals surface area contributed by atoms with Gasteiger partial charge in [-0.2, -0.15) is 0 Å². The quantitative estimate of drug-likeness (QED) is 0.806. The molecule has 0 saturated heterocycles. The summed E-state index contributed by atoms with van der Waals surface area (Å²) >= 11 is 0. The van der Waals surface area contributed by atoms with Gasteiger partial charge in [-0.25, -0.2) is 4.98 Å². The maximum atomic E-state index is 4.57. The molecule has 3 heteroatoms. The highest BCUT2D eigenvalue weighted by Crippen LogP contribution is 2.24. The van der Waals surface area contributed by atoms with E-state index >= 15 is 0 Å². The Labute approximate surface area is 109 Å². The third-order valence-corrected chi connectivity index (χ3v) is 3.28. The van der Waals surface area contributed by atoms with Gasteiger partial charge in [-0.15, -0.1) is 0 Å². The lowest BCUT2D eigenvalue weighted by Gasteiger charge is -2.08. The average Bonchev–Trinajstić information content (AvgIpc) is 2.65. The Morgan fingerprint density at radius 2 is 2.11 bits per heavy atom. The number of rotatable bonds is 5. The molecule has 2 rings (SSSR count). The number of fused-ring (bicyclic) bond motifs is 1. The molecule has 0 amide bonds. The van der Waals surface area contributed by atoms with Crippen molar-refractivity contribution < 1.29 is 0 Å². The van der Waals surface area contributed by atoms with Crippen LogP contribution in [0.25, 0.3) is 11.0 Å². The smallest absolute Gasteiger partial charge is 0.140 e. The summed E-state index contributed by atoms with van der Waals surface area (Å²) in [5, 5.41) is 1.34. The van der Waals surface area contributed by atoms with Crippen molar-refractivity contribution in [3.8, 4) is 0 Å². The first kappa shape index (κ1) is 13.1. The fraction of sp³-hybridized carbons (Fsp3) is 0.533. The van der Waals surface area contributed by atoms with Gasteiger partial charge in [0.05, 0.1) is 0 Å². The molecule has 3 nitrogen and oxygen atoms in total. The van der Waals surface area contributed by atoms with Crippen LogP contribution in [-0.4, -0.2) is 28.5 Å². The Kier molecular flexibility index (Phi) is 4.02. The maximum absolute atomic E-state index is 4.57. The van der Waals surface area contributed by atoms with Crippen LogP contribution in [0.15, 0.2) is 18.5 Å². The number of aryl methyl sites for hydroxylation is 2. The van der Waals surface area contributed by atoms with Gasteiger partial charge in [0.1, 0.15) is 5.65 Å². The maximum Gasteiger partial charge on any atom is 0.140 e. The van der Waals surface area contributed by atoms with Gasteiger partial charge in [0.15, 0.2) is 0 Å². The Bertz CT molecular complexity index is 526. The monoisotopic (exact) mass is 245 g/mol. The lowest BCUT2D eigenvalue weighted by molar-refractivity contribution is 0.403. The molecule has 0 saturated carbocycles. The van der Waals surface area contributed by atoms with Crippen molar-refractivity contribution in [1.29, 1.82) is 0 Å². The summed E-state index contributed by atoms with van der Waals surface area (Å²) in [5.41, 5.74) is 3.85. The second-order valence-electron chi connectivity index (χ2n) is 5.27. The predicted octanol–water partition coefficient (Wildman–Crippen LogP) is 3.21. The molecule has 0 atom stereocenters. The summed E-state index contributed by atoms with van der Waals surface area (Å²) in [6, 6.07) is 2.10. The van der Waals surface area contributed by atoms with E-state index in [0.29, 0.717) is 0 Å². The molecule has 18 heavy (non-hydrogen) atoms. The minimum Gasteiger partial charge on any atom is -0.332 e. The molecule has 0 bridgehead atoms. The van der Waals surface area contributed by atoms with Gasteiger partial charge >= 0.3 is 0 Å². The Morgan fingerprint density at radius 3 is 2.78 bits per heavy atom. The summed E-state index contributed by atoms with van der Waals surface area (Å²) in [6.45, 7) is 6.44. The van der Waals surface area contributed by atoms with E-state index in [4.69, 9.17) is 0 Å². The first-order chi connectivity index (χ1) is 8.63. The summed E-state index contributed by atoms with van der Waals surface area (Å²) < 4.78 is 2.31. The van der Waals surface area contributed by atoms with Crippen molar-refractivity contribution in [3.63, 3.8) is 0 Å². The normalized spacial score (nSPS) is 11.6. The van der Waals surface area contributed by atoms with Crippen LogP contribution in [0.5, 0.6) is 0 Å². The summed E-state index contributed by atoms with van der Waals surface area (Å²) in [6.07, 6.45) is 6.62. The number of nitrogens with zero attached hydrogens (tertiary/aromatic N) is 3. The van der Waals surface area contributed by atoms with Gasteiger partial charge in [0.25, 0.3) is 0 Å². The van der Waals surface area contributed by atoms with Crippen molar-refractivity contribution in [1.82, 2.24) is 14.5 Å². The topological polar surface area (TPSA) is 21.1 Å². The Hall–Kier alpha value is -1.35. The first-order valence-corrected chi connectivity index (χ1v) is 6.71. The number of unbranched alkanes of at least 4 members (excludes halogenated alkanes) is 1. The summed E-state index contributed by atoms with van der Waals surface area (Å²) in [5.74, 6) is 0. The molecule has 2 aromatic heterocycles. The largest absolute Gasteiger partial charge is 0.332 e. The Balaban J connectivity index is 2.49. The van der Waals surface area contributed by atoms with Gasteiger partial charge in [-0.1, -0.05) is 13.3 Å². The van der Waals surface area contributed by atoms with Crippen LogP contribution in [0.4, 0.5) is 0 Å². The lowest BCUT2D eigenvalue weighted by atomic mass is 10.1. The minimum atomic E-state index is 0.974. The van der Waals surface area contributed by atoms with Gasteiger partial charge in [-0.3, -0.25) is 0 Å². The highest BCUT2D eigenvalue weighted by Gasteiger charge is 2.11. The SMILES string of the molecule is CCCCn1cc(CN(C)C)c2c(C)ccnc21. The zero-order valence-corrected chi connectivity index (χ0v) is 11.9. The molecular formula is C15H23N3. The molecule has 0 aromatic carbocycles. The lowest BCUT2D eigenvalue weighted by Crippen LogP contribution is -2.10. The van der Waals surface area contributed by atoms with E-state index in [-0.39, 0.29) is 0 Å². The molecule has 0 unspecified atom stereocenters. The molecular weight excluding hydrogens is 222 g/mol. The summed E-state index contributed by atoms with van der Waals surface area (Å²) in [7, 11) is 4.22. The van der Waals surface area contributed by atoms with Crippen LogP contribution in [0.2, 0.25) is 0 Å². The fourth-order valence-corrected chi connectivity index (χ4v) is 2.43. The van der Waals surface area contributed by atoms with Crippen LogP contribution >= 0.6 is 0 Å². The summed E-state index contributed by atoms with van der Waals surface area (Å²) in [4.78, 5) is 6.78. The van der Waals surface area contributed by atoms with Gasteiger partial charge in [0, 0.05) is 30.9 Å². The van der Waals surface area contributed by atoms with Gasteiger partial charge in [0.2, 0.25) is 0 Å². The molecule has 98 valence electrons. The number of pyridine rings is 1. The molecule has 0 aliphatic carbocycles.